The van der Waals surface area contributed by atoms with Crippen LogP contribution >= 0.6 is 0 Å². The van der Waals surface area contributed by atoms with Crippen LogP contribution < -0.4 is 4.57 Å². The molecular weight excluding hydrogens is 214 g/mol. The van der Waals surface area contributed by atoms with Crippen molar-refractivity contribution in [2.24, 2.45) is 7.05 Å². The third kappa shape index (κ3) is 1.84. The molecule has 0 radical (unpaired) electrons. The number of pyridine rings is 1. The van der Waals surface area contributed by atoms with Crippen LogP contribution in [0.3, 0.4) is 0 Å². The average Bonchev–Trinajstić information content (AvgIpc) is 2.15. The quantitative estimate of drug-likeness (QED) is 0.578. The van der Waals surface area contributed by atoms with Crippen LogP contribution in [-0.2, 0) is 17.2 Å². The number of aromatic nitrogens is 1. The summed E-state index contributed by atoms with van der Waals surface area (Å²) in [4.78, 5) is -0.0550. The number of nitrogens with zero attached hydrogens (tertiary/aromatic N) is 1. The summed E-state index contributed by atoms with van der Waals surface area (Å²) in [5.74, 6) is 0. The normalized spacial score (nSPS) is 11.9. The van der Waals surface area contributed by atoms with Crippen LogP contribution in [0.4, 0.5) is 0 Å². The van der Waals surface area contributed by atoms with E-state index < -0.39 is 10.1 Å². The van der Waals surface area contributed by atoms with Crippen molar-refractivity contribution < 1.29 is 17.5 Å². The molecular formula is C10H10NO3S+. The zero-order chi connectivity index (χ0) is 11.1. The van der Waals surface area contributed by atoms with E-state index >= 15 is 0 Å². The molecule has 1 aromatic carbocycles. The second-order valence-electron chi connectivity index (χ2n) is 3.34. The van der Waals surface area contributed by atoms with Gasteiger partial charge in [-0.15, -0.1) is 0 Å². The molecule has 4 nitrogen and oxygen atoms in total. The minimum absolute atomic E-state index is 0.0550. The highest BCUT2D eigenvalue weighted by atomic mass is 32.2. The van der Waals surface area contributed by atoms with E-state index in [9.17, 15) is 8.42 Å². The minimum atomic E-state index is -4.15. The largest absolute Gasteiger partial charge is 0.295 e. The summed E-state index contributed by atoms with van der Waals surface area (Å²) in [6.45, 7) is 0. The Morgan fingerprint density at radius 2 is 2.00 bits per heavy atom. The summed E-state index contributed by atoms with van der Waals surface area (Å²) in [7, 11) is -2.30. The molecule has 0 aliphatic carbocycles. The molecule has 0 spiro atoms. The van der Waals surface area contributed by atoms with Gasteiger partial charge in [-0.3, -0.25) is 4.55 Å². The van der Waals surface area contributed by atoms with Crippen molar-refractivity contribution in [3.05, 3.63) is 36.7 Å². The van der Waals surface area contributed by atoms with Crippen molar-refractivity contribution in [1.29, 1.82) is 0 Å². The SMILES string of the molecule is C[n+]1ccc2c(S(=O)(=O)O)cccc2c1. The Kier molecular flexibility index (Phi) is 2.21. The van der Waals surface area contributed by atoms with Gasteiger partial charge in [0.05, 0.1) is 0 Å². The summed E-state index contributed by atoms with van der Waals surface area (Å²) < 4.78 is 33.0. The third-order valence-electron chi connectivity index (χ3n) is 2.20. The molecule has 1 N–H and O–H groups in total. The molecule has 2 rings (SSSR count). The number of benzene rings is 1. The summed E-state index contributed by atoms with van der Waals surface area (Å²) in [5, 5.41) is 1.30. The Labute approximate surface area is 87.5 Å². The maximum absolute atomic E-state index is 11.1. The smallest absolute Gasteiger partial charge is 0.282 e. The molecule has 0 amide bonds. The predicted octanol–water partition coefficient (Wildman–Crippen LogP) is 0.911. The molecule has 2 aromatic rings. The maximum Gasteiger partial charge on any atom is 0.295 e. The third-order valence-corrected chi connectivity index (χ3v) is 3.11. The van der Waals surface area contributed by atoms with Gasteiger partial charge in [0.25, 0.3) is 10.1 Å². The Hall–Kier alpha value is -1.46. The van der Waals surface area contributed by atoms with Crippen molar-refractivity contribution in [1.82, 2.24) is 0 Å². The number of aryl methyl sites for hydroxylation is 1. The molecule has 15 heavy (non-hydrogen) atoms. The zero-order valence-corrected chi connectivity index (χ0v) is 8.90. The zero-order valence-electron chi connectivity index (χ0n) is 8.08. The Morgan fingerprint density at radius 3 is 2.67 bits per heavy atom. The topological polar surface area (TPSA) is 58.2 Å². The van der Waals surface area contributed by atoms with E-state index in [0.29, 0.717) is 5.39 Å². The highest BCUT2D eigenvalue weighted by Gasteiger charge is 2.14. The molecule has 0 aliphatic heterocycles. The minimum Gasteiger partial charge on any atom is -0.282 e. The van der Waals surface area contributed by atoms with E-state index in [0.717, 1.165) is 5.39 Å². The van der Waals surface area contributed by atoms with Gasteiger partial charge < -0.3 is 0 Å². The lowest BCUT2D eigenvalue weighted by Crippen LogP contribution is -2.26. The van der Waals surface area contributed by atoms with Gasteiger partial charge in [-0.1, -0.05) is 6.07 Å². The summed E-state index contributed by atoms with van der Waals surface area (Å²) in [6, 6.07) is 6.45. The molecule has 0 saturated carbocycles. The van der Waals surface area contributed by atoms with Crippen LogP contribution in [0, 0.1) is 0 Å². The summed E-state index contributed by atoms with van der Waals surface area (Å²) >= 11 is 0. The molecule has 0 atom stereocenters. The van der Waals surface area contributed by atoms with Gasteiger partial charge in [0.2, 0.25) is 0 Å². The average molecular weight is 224 g/mol. The van der Waals surface area contributed by atoms with E-state index in [2.05, 4.69) is 0 Å². The van der Waals surface area contributed by atoms with E-state index in [1.165, 1.54) is 6.07 Å². The lowest BCUT2D eigenvalue weighted by atomic mass is 10.2. The first-order valence-corrected chi connectivity index (χ1v) is 5.78. The van der Waals surface area contributed by atoms with E-state index in [4.69, 9.17) is 4.55 Å². The van der Waals surface area contributed by atoms with Crippen molar-refractivity contribution in [2.75, 3.05) is 0 Å². The fraction of sp³-hybridized carbons (Fsp3) is 0.100. The summed E-state index contributed by atoms with van der Waals surface area (Å²) in [5.41, 5.74) is 0. The molecule has 0 unspecified atom stereocenters. The number of hydrogen-bond acceptors (Lipinski definition) is 2. The van der Waals surface area contributed by atoms with Crippen molar-refractivity contribution in [3.8, 4) is 0 Å². The number of hydrogen-bond donors (Lipinski definition) is 1. The number of fused-ring (bicyclic) bond motifs is 1. The summed E-state index contributed by atoms with van der Waals surface area (Å²) in [6.07, 6.45) is 3.53. The second-order valence-corrected chi connectivity index (χ2v) is 4.73. The van der Waals surface area contributed by atoms with Crippen molar-refractivity contribution in [3.63, 3.8) is 0 Å². The molecule has 5 heteroatoms. The monoisotopic (exact) mass is 224 g/mol. The van der Waals surface area contributed by atoms with E-state index in [1.54, 1.807) is 30.6 Å². The van der Waals surface area contributed by atoms with Crippen LogP contribution in [0.1, 0.15) is 0 Å². The van der Waals surface area contributed by atoms with Gasteiger partial charge in [0.1, 0.15) is 11.9 Å². The maximum atomic E-state index is 11.1. The second kappa shape index (κ2) is 3.29. The first-order chi connectivity index (χ1) is 6.98. The van der Waals surface area contributed by atoms with Crippen LogP contribution in [0.25, 0.3) is 10.8 Å². The fourth-order valence-corrected chi connectivity index (χ4v) is 2.25. The van der Waals surface area contributed by atoms with Gasteiger partial charge in [0, 0.05) is 16.8 Å². The van der Waals surface area contributed by atoms with Gasteiger partial charge in [-0.2, -0.15) is 8.42 Å². The van der Waals surface area contributed by atoms with Gasteiger partial charge >= 0.3 is 0 Å². The molecule has 1 heterocycles. The standard InChI is InChI=1S/C10H9NO3S/c1-11-6-5-9-8(7-11)3-2-4-10(9)15(12,13)14/h2-7H,1H3/p+1. The van der Waals surface area contributed by atoms with Crippen LogP contribution in [-0.4, -0.2) is 13.0 Å². The van der Waals surface area contributed by atoms with Crippen LogP contribution in [0.2, 0.25) is 0 Å². The van der Waals surface area contributed by atoms with Crippen LogP contribution in [0.5, 0.6) is 0 Å². The van der Waals surface area contributed by atoms with E-state index in [1.807, 2.05) is 11.6 Å². The molecule has 78 valence electrons. The highest BCUT2D eigenvalue weighted by Crippen LogP contribution is 2.20. The number of rotatable bonds is 1. The van der Waals surface area contributed by atoms with Gasteiger partial charge in [-0.05, 0) is 12.1 Å². The molecule has 0 bridgehead atoms. The van der Waals surface area contributed by atoms with Crippen molar-refractivity contribution in [2.45, 2.75) is 4.90 Å². The molecule has 0 fully saturated rings. The van der Waals surface area contributed by atoms with Gasteiger partial charge in [0.15, 0.2) is 12.4 Å². The Balaban J connectivity index is 2.89. The Bertz CT molecular complexity index is 620. The Morgan fingerprint density at radius 1 is 1.27 bits per heavy atom. The van der Waals surface area contributed by atoms with Crippen LogP contribution in [0.15, 0.2) is 41.6 Å². The van der Waals surface area contributed by atoms with Gasteiger partial charge in [-0.25, -0.2) is 4.57 Å². The predicted molar refractivity (Wildman–Crippen MR) is 54.9 cm³/mol. The first-order valence-electron chi connectivity index (χ1n) is 4.34. The molecule has 0 saturated heterocycles. The highest BCUT2D eigenvalue weighted by molar-refractivity contribution is 7.86. The molecule has 1 aromatic heterocycles. The lowest BCUT2D eigenvalue weighted by Gasteiger charge is -2.01. The van der Waals surface area contributed by atoms with Crippen molar-refractivity contribution >= 4 is 20.9 Å². The van der Waals surface area contributed by atoms with E-state index in [-0.39, 0.29) is 4.90 Å². The fourth-order valence-electron chi connectivity index (χ4n) is 1.53. The first kappa shape index (κ1) is 10.1. The lowest BCUT2D eigenvalue weighted by molar-refractivity contribution is -0.670. The molecule has 0 aliphatic rings.